The van der Waals surface area contributed by atoms with E-state index >= 15 is 0 Å². The molecular weight excluding hydrogens is 326 g/mol. The first kappa shape index (κ1) is 16.6. The number of aromatic carboxylic acids is 1. The Labute approximate surface area is 144 Å². The summed E-state index contributed by atoms with van der Waals surface area (Å²) in [5, 5.41) is 12.0. The molecule has 0 saturated carbocycles. The van der Waals surface area contributed by atoms with Gasteiger partial charge in [0.1, 0.15) is 0 Å². The van der Waals surface area contributed by atoms with Crippen LogP contribution in [0.1, 0.15) is 49.5 Å². The smallest absolute Gasteiger partial charge is 0.337 e. The third-order valence-electron chi connectivity index (χ3n) is 4.24. The van der Waals surface area contributed by atoms with Crippen molar-refractivity contribution in [1.82, 2.24) is 15.2 Å². The molecule has 6 nitrogen and oxygen atoms in total. The molecule has 0 aliphatic carbocycles. The van der Waals surface area contributed by atoms with Gasteiger partial charge in [0.15, 0.2) is 0 Å². The van der Waals surface area contributed by atoms with Gasteiger partial charge in [0.25, 0.3) is 5.91 Å². The average molecular weight is 345 g/mol. The number of carbonyl (C=O) groups is 2. The summed E-state index contributed by atoms with van der Waals surface area (Å²) in [6.45, 7) is 1.40. The summed E-state index contributed by atoms with van der Waals surface area (Å²) in [5.74, 6) is -1.03. The lowest BCUT2D eigenvalue weighted by Gasteiger charge is -2.23. The molecule has 126 valence electrons. The molecule has 7 heteroatoms. The number of likely N-dealkylation sites (tertiary alicyclic amines) is 1. The SMILES string of the molecule is CNC(=O)c1ccc([C@H]2CCCN2Cc2ncccc2C(=O)O)s1. The molecule has 1 aliphatic heterocycles. The first-order valence-corrected chi connectivity index (χ1v) is 8.65. The Morgan fingerprint density at radius 1 is 1.42 bits per heavy atom. The Morgan fingerprint density at radius 3 is 3.00 bits per heavy atom. The molecule has 24 heavy (non-hydrogen) atoms. The molecule has 2 N–H and O–H groups in total. The number of nitrogens with one attached hydrogen (secondary N) is 1. The third-order valence-corrected chi connectivity index (χ3v) is 5.43. The van der Waals surface area contributed by atoms with Gasteiger partial charge in [-0.05, 0) is 43.7 Å². The number of rotatable bonds is 5. The number of carboxylic acid groups (broad SMARTS) is 1. The van der Waals surface area contributed by atoms with Gasteiger partial charge >= 0.3 is 5.97 Å². The number of thiophene rings is 1. The fourth-order valence-corrected chi connectivity index (χ4v) is 4.19. The number of hydrogen-bond acceptors (Lipinski definition) is 5. The molecule has 3 rings (SSSR count). The zero-order valence-corrected chi connectivity index (χ0v) is 14.2. The van der Waals surface area contributed by atoms with Gasteiger partial charge in [-0.2, -0.15) is 0 Å². The molecule has 1 amide bonds. The molecule has 0 aromatic carbocycles. The number of hydrogen-bond donors (Lipinski definition) is 2. The number of carbonyl (C=O) groups excluding carboxylic acids is 1. The largest absolute Gasteiger partial charge is 0.478 e. The highest BCUT2D eigenvalue weighted by Gasteiger charge is 2.29. The normalized spacial score (nSPS) is 17.8. The Bertz CT molecular complexity index is 759. The fourth-order valence-electron chi connectivity index (χ4n) is 3.07. The Balaban J connectivity index is 1.80. The minimum atomic E-state index is -0.952. The van der Waals surface area contributed by atoms with Crippen molar-refractivity contribution in [2.24, 2.45) is 0 Å². The number of nitrogens with zero attached hydrogens (tertiary/aromatic N) is 2. The van der Waals surface area contributed by atoms with Crippen LogP contribution in [-0.2, 0) is 6.54 Å². The lowest BCUT2D eigenvalue weighted by Crippen LogP contribution is -2.24. The summed E-state index contributed by atoms with van der Waals surface area (Å²) in [7, 11) is 1.62. The average Bonchev–Trinajstić information content (AvgIpc) is 3.23. The monoisotopic (exact) mass is 345 g/mol. The minimum absolute atomic E-state index is 0.0753. The molecular formula is C17H19N3O3S. The van der Waals surface area contributed by atoms with Crippen LogP contribution in [0.2, 0.25) is 0 Å². The molecule has 1 aliphatic rings. The fraction of sp³-hybridized carbons (Fsp3) is 0.353. The van der Waals surface area contributed by atoms with Crippen LogP contribution in [0.3, 0.4) is 0 Å². The number of aromatic nitrogens is 1. The van der Waals surface area contributed by atoms with Crippen molar-refractivity contribution in [3.8, 4) is 0 Å². The van der Waals surface area contributed by atoms with Crippen LogP contribution in [0.4, 0.5) is 0 Å². The van der Waals surface area contributed by atoms with Crippen molar-refractivity contribution in [2.45, 2.75) is 25.4 Å². The van der Waals surface area contributed by atoms with Crippen LogP contribution in [0.25, 0.3) is 0 Å². The second-order valence-electron chi connectivity index (χ2n) is 5.71. The quantitative estimate of drug-likeness (QED) is 0.870. The van der Waals surface area contributed by atoms with Gasteiger partial charge < -0.3 is 10.4 Å². The maximum Gasteiger partial charge on any atom is 0.337 e. The van der Waals surface area contributed by atoms with Crippen LogP contribution >= 0.6 is 11.3 Å². The van der Waals surface area contributed by atoms with E-state index in [1.165, 1.54) is 11.3 Å². The van der Waals surface area contributed by atoms with E-state index in [2.05, 4.69) is 15.2 Å². The molecule has 1 saturated heterocycles. The van der Waals surface area contributed by atoms with Crippen LogP contribution in [0.5, 0.6) is 0 Å². The minimum Gasteiger partial charge on any atom is -0.478 e. The highest BCUT2D eigenvalue weighted by Crippen LogP contribution is 2.36. The van der Waals surface area contributed by atoms with Crippen LogP contribution in [0, 0.1) is 0 Å². The maximum atomic E-state index is 11.7. The van der Waals surface area contributed by atoms with E-state index in [4.69, 9.17) is 0 Å². The predicted molar refractivity (Wildman–Crippen MR) is 91.3 cm³/mol. The van der Waals surface area contributed by atoms with Gasteiger partial charge in [-0.15, -0.1) is 11.3 Å². The Hall–Kier alpha value is -2.25. The van der Waals surface area contributed by atoms with Crippen molar-refractivity contribution in [2.75, 3.05) is 13.6 Å². The van der Waals surface area contributed by atoms with Gasteiger partial charge in [-0.1, -0.05) is 0 Å². The maximum absolute atomic E-state index is 11.7. The van der Waals surface area contributed by atoms with Gasteiger partial charge in [-0.25, -0.2) is 4.79 Å². The highest BCUT2D eigenvalue weighted by atomic mass is 32.1. The van der Waals surface area contributed by atoms with Crippen LogP contribution in [0.15, 0.2) is 30.5 Å². The molecule has 0 unspecified atom stereocenters. The van der Waals surface area contributed by atoms with E-state index < -0.39 is 5.97 Å². The summed E-state index contributed by atoms with van der Waals surface area (Å²) >= 11 is 1.50. The lowest BCUT2D eigenvalue weighted by molar-refractivity contribution is 0.0693. The topological polar surface area (TPSA) is 82.5 Å². The van der Waals surface area contributed by atoms with Crippen molar-refractivity contribution >= 4 is 23.2 Å². The summed E-state index contributed by atoms with van der Waals surface area (Å²) in [6.07, 6.45) is 3.68. The zero-order valence-electron chi connectivity index (χ0n) is 13.4. The van der Waals surface area contributed by atoms with Gasteiger partial charge in [0.05, 0.1) is 16.1 Å². The van der Waals surface area contributed by atoms with E-state index in [0.717, 1.165) is 24.3 Å². The number of amides is 1. The lowest BCUT2D eigenvalue weighted by atomic mass is 10.1. The molecule has 0 bridgehead atoms. The van der Waals surface area contributed by atoms with E-state index in [-0.39, 0.29) is 17.5 Å². The summed E-state index contributed by atoms with van der Waals surface area (Å²) in [5.41, 5.74) is 0.834. The second kappa shape index (κ2) is 7.11. The highest BCUT2D eigenvalue weighted by molar-refractivity contribution is 7.14. The molecule has 3 heterocycles. The summed E-state index contributed by atoms with van der Waals surface area (Å²) in [6, 6.07) is 7.28. The van der Waals surface area contributed by atoms with Crippen LogP contribution < -0.4 is 5.32 Å². The van der Waals surface area contributed by atoms with E-state index in [0.29, 0.717) is 17.1 Å². The molecule has 2 aromatic heterocycles. The van der Waals surface area contributed by atoms with Crippen molar-refractivity contribution in [1.29, 1.82) is 0 Å². The van der Waals surface area contributed by atoms with Gasteiger partial charge in [0, 0.05) is 30.7 Å². The van der Waals surface area contributed by atoms with E-state index in [1.54, 1.807) is 25.4 Å². The molecule has 1 fully saturated rings. The predicted octanol–water partition coefficient (Wildman–Crippen LogP) is 2.54. The van der Waals surface area contributed by atoms with Crippen LogP contribution in [-0.4, -0.2) is 40.5 Å². The molecule has 2 aromatic rings. The van der Waals surface area contributed by atoms with Crippen molar-refractivity contribution in [3.63, 3.8) is 0 Å². The standard InChI is InChI=1S/C17H19N3O3S/c1-18-16(21)15-7-6-14(24-15)13-5-3-9-20(13)10-12-11(17(22)23)4-2-8-19-12/h2,4,6-8,13H,3,5,9-10H2,1H3,(H,18,21)(H,22,23)/t13-/m1/s1. The van der Waals surface area contributed by atoms with E-state index in [1.807, 2.05) is 12.1 Å². The summed E-state index contributed by atoms with van der Waals surface area (Å²) < 4.78 is 0. The molecule has 0 spiro atoms. The van der Waals surface area contributed by atoms with E-state index in [9.17, 15) is 14.7 Å². The van der Waals surface area contributed by atoms with Gasteiger partial charge in [0.2, 0.25) is 0 Å². The number of pyridine rings is 1. The molecule has 0 radical (unpaired) electrons. The molecule has 1 atom stereocenters. The van der Waals surface area contributed by atoms with Gasteiger partial charge in [-0.3, -0.25) is 14.7 Å². The van der Waals surface area contributed by atoms with Crippen molar-refractivity contribution in [3.05, 3.63) is 51.5 Å². The summed E-state index contributed by atoms with van der Waals surface area (Å²) in [4.78, 5) is 31.4. The Morgan fingerprint density at radius 2 is 2.25 bits per heavy atom. The zero-order chi connectivity index (χ0) is 17.1. The first-order chi connectivity index (χ1) is 11.6. The first-order valence-electron chi connectivity index (χ1n) is 7.83. The van der Waals surface area contributed by atoms with Crippen molar-refractivity contribution < 1.29 is 14.7 Å². The Kier molecular flexibility index (Phi) is 4.92. The second-order valence-corrected chi connectivity index (χ2v) is 6.83. The third kappa shape index (κ3) is 3.32. The number of carboxylic acids is 1.